The molecule has 0 radical (unpaired) electrons. The highest BCUT2D eigenvalue weighted by Gasteiger charge is 2.23. The fourth-order valence-electron chi connectivity index (χ4n) is 2.96. The Morgan fingerprint density at radius 1 is 1.38 bits per heavy atom. The minimum Gasteiger partial charge on any atom is -0.431 e. The Bertz CT molecular complexity index is 645. The minimum absolute atomic E-state index is 0.698. The Morgan fingerprint density at radius 2 is 2.29 bits per heavy atom. The largest absolute Gasteiger partial charge is 0.431 e. The van der Waals surface area contributed by atoms with Crippen LogP contribution in [0.15, 0.2) is 28.9 Å². The highest BCUT2D eigenvalue weighted by Crippen LogP contribution is 2.33. The van der Waals surface area contributed by atoms with Gasteiger partial charge in [-0.3, -0.25) is 4.90 Å². The zero-order valence-corrected chi connectivity index (χ0v) is 12.4. The Labute approximate surface area is 125 Å². The lowest BCUT2D eigenvalue weighted by molar-refractivity contribution is 0.542. The molecule has 1 saturated carbocycles. The van der Waals surface area contributed by atoms with E-state index in [-0.39, 0.29) is 0 Å². The van der Waals surface area contributed by atoms with E-state index in [1.54, 1.807) is 6.26 Å². The van der Waals surface area contributed by atoms with Crippen molar-refractivity contribution >= 4 is 11.7 Å². The Morgan fingerprint density at radius 3 is 3.14 bits per heavy atom. The quantitative estimate of drug-likeness (QED) is 0.934. The van der Waals surface area contributed by atoms with Crippen molar-refractivity contribution < 1.29 is 4.42 Å². The molecular formula is C17H21N3O. The van der Waals surface area contributed by atoms with E-state index in [0.29, 0.717) is 6.04 Å². The van der Waals surface area contributed by atoms with Gasteiger partial charge in [0.05, 0.1) is 5.69 Å². The number of nitrogens with one attached hydrogen (secondary N) is 1. The number of nitrogens with zero attached hydrogens (tertiary/aromatic N) is 2. The lowest BCUT2D eigenvalue weighted by Gasteiger charge is -2.28. The SMILES string of the molecule is Cc1ccc2c(c1)CCCN2c1nc(CNC2CC2)co1. The van der Waals surface area contributed by atoms with Crippen LogP contribution >= 0.6 is 0 Å². The minimum atomic E-state index is 0.698. The summed E-state index contributed by atoms with van der Waals surface area (Å²) in [7, 11) is 0. The van der Waals surface area contributed by atoms with Crippen LogP contribution in [0.2, 0.25) is 0 Å². The number of benzene rings is 1. The molecule has 1 aliphatic heterocycles. The maximum absolute atomic E-state index is 5.72. The van der Waals surface area contributed by atoms with Crippen molar-refractivity contribution in [2.75, 3.05) is 11.4 Å². The first-order valence-electron chi connectivity index (χ1n) is 7.84. The third-order valence-electron chi connectivity index (χ3n) is 4.27. The standard InChI is InChI=1S/C17H21N3O/c1-12-4-7-16-13(9-12)3-2-8-20(16)17-19-15(11-21-17)10-18-14-5-6-14/h4,7,9,11,14,18H,2-3,5-6,8,10H2,1H3. The molecule has 4 nitrogen and oxygen atoms in total. The zero-order valence-electron chi connectivity index (χ0n) is 12.4. The van der Waals surface area contributed by atoms with Crippen LogP contribution in [0.1, 0.15) is 36.1 Å². The third kappa shape index (κ3) is 2.68. The lowest BCUT2D eigenvalue weighted by Crippen LogP contribution is -2.25. The van der Waals surface area contributed by atoms with Crippen molar-refractivity contribution in [2.24, 2.45) is 0 Å². The van der Waals surface area contributed by atoms with E-state index < -0.39 is 0 Å². The molecule has 0 bridgehead atoms. The van der Waals surface area contributed by atoms with Gasteiger partial charge in [0, 0.05) is 24.8 Å². The molecule has 1 aromatic heterocycles. The number of fused-ring (bicyclic) bond motifs is 1. The second-order valence-corrected chi connectivity index (χ2v) is 6.16. The summed E-state index contributed by atoms with van der Waals surface area (Å²) >= 11 is 0. The van der Waals surface area contributed by atoms with Gasteiger partial charge in [0.25, 0.3) is 0 Å². The Balaban J connectivity index is 1.56. The second-order valence-electron chi connectivity index (χ2n) is 6.16. The van der Waals surface area contributed by atoms with E-state index >= 15 is 0 Å². The van der Waals surface area contributed by atoms with Crippen molar-refractivity contribution in [1.29, 1.82) is 0 Å². The summed E-state index contributed by atoms with van der Waals surface area (Å²) < 4.78 is 5.72. The summed E-state index contributed by atoms with van der Waals surface area (Å²) in [6.45, 7) is 3.93. The summed E-state index contributed by atoms with van der Waals surface area (Å²) in [6.07, 6.45) is 6.67. The van der Waals surface area contributed by atoms with Crippen LogP contribution in [0, 0.1) is 6.92 Å². The first kappa shape index (κ1) is 12.9. The Kier molecular flexibility index (Phi) is 3.19. The van der Waals surface area contributed by atoms with Crippen LogP contribution in [-0.2, 0) is 13.0 Å². The number of aromatic nitrogens is 1. The molecule has 1 aliphatic carbocycles. The number of hydrogen-bond donors (Lipinski definition) is 1. The van der Waals surface area contributed by atoms with Gasteiger partial charge in [-0.2, -0.15) is 4.98 Å². The van der Waals surface area contributed by atoms with Gasteiger partial charge in [-0.25, -0.2) is 0 Å². The summed E-state index contributed by atoms with van der Waals surface area (Å²) in [5, 5.41) is 3.47. The monoisotopic (exact) mass is 283 g/mol. The highest BCUT2D eigenvalue weighted by atomic mass is 16.4. The lowest BCUT2D eigenvalue weighted by atomic mass is 10.00. The number of anilines is 2. The molecule has 2 heterocycles. The van der Waals surface area contributed by atoms with Crippen LogP contribution in [0.4, 0.5) is 11.7 Å². The van der Waals surface area contributed by atoms with Gasteiger partial charge in [0.2, 0.25) is 0 Å². The average molecular weight is 283 g/mol. The summed E-state index contributed by atoms with van der Waals surface area (Å²) in [5.41, 5.74) is 4.96. The van der Waals surface area contributed by atoms with Crippen molar-refractivity contribution in [1.82, 2.24) is 10.3 Å². The topological polar surface area (TPSA) is 41.3 Å². The first-order chi connectivity index (χ1) is 10.3. The molecule has 21 heavy (non-hydrogen) atoms. The summed E-state index contributed by atoms with van der Waals surface area (Å²) in [5.74, 6) is 0. The molecule has 4 rings (SSSR count). The van der Waals surface area contributed by atoms with Gasteiger partial charge in [-0.15, -0.1) is 0 Å². The molecule has 1 aromatic carbocycles. The molecule has 0 unspecified atom stereocenters. The first-order valence-corrected chi connectivity index (χ1v) is 7.84. The van der Waals surface area contributed by atoms with Gasteiger partial charge >= 0.3 is 6.01 Å². The number of oxazole rings is 1. The van der Waals surface area contributed by atoms with Gasteiger partial charge < -0.3 is 9.73 Å². The highest BCUT2D eigenvalue weighted by molar-refractivity contribution is 5.63. The summed E-state index contributed by atoms with van der Waals surface area (Å²) in [6, 6.07) is 8.06. The van der Waals surface area contributed by atoms with Gasteiger partial charge in [-0.1, -0.05) is 17.7 Å². The normalized spacial score (nSPS) is 17.9. The average Bonchev–Trinajstić information content (AvgIpc) is 3.21. The number of rotatable bonds is 4. The van der Waals surface area contributed by atoms with Gasteiger partial charge in [0.15, 0.2) is 0 Å². The molecule has 1 fully saturated rings. The van der Waals surface area contributed by atoms with Crippen molar-refractivity contribution in [3.05, 3.63) is 41.3 Å². The molecule has 1 N–H and O–H groups in total. The summed E-state index contributed by atoms with van der Waals surface area (Å²) in [4.78, 5) is 6.86. The molecule has 4 heteroatoms. The predicted octanol–water partition coefficient (Wildman–Crippen LogP) is 3.32. The number of aryl methyl sites for hydroxylation is 2. The van der Waals surface area contributed by atoms with E-state index in [2.05, 4.69) is 40.3 Å². The zero-order chi connectivity index (χ0) is 14.2. The molecular weight excluding hydrogens is 262 g/mol. The molecule has 0 saturated heterocycles. The molecule has 0 spiro atoms. The maximum atomic E-state index is 5.72. The van der Waals surface area contributed by atoms with E-state index in [4.69, 9.17) is 4.42 Å². The maximum Gasteiger partial charge on any atom is 0.302 e. The second kappa shape index (κ2) is 5.19. The third-order valence-corrected chi connectivity index (χ3v) is 4.27. The van der Waals surface area contributed by atoms with Crippen molar-refractivity contribution in [3.8, 4) is 0 Å². The van der Waals surface area contributed by atoms with Crippen LogP contribution in [0.5, 0.6) is 0 Å². The van der Waals surface area contributed by atoms with Crippen LogP contribution < -0.4 is 10.2 Å². The Hall–Kier alpha value is -1.81. The van der Waals surface area contributed by atoms with Crippen LogP contribution in [0.25, 0.3) is 0 Å². The van der Waals surface area contributed by atoms with Crippen LogP contribution in [-0.4, -0.2) is 17.6 Å². The predicted molar refractivity (Wildman–Crippen MR) is 82.9 cm³/mol. The van der Waals surface area contributed by atoms with E-state index in [1.165, 1.54) is 29.7 Å². The van der Waals surface area contributed by atoms with Crippen molar-refractivity contribution in [2.45, 2.75) is 45.2 Å². The van der Waals surface area contributed by atoms with Crippen molar-refractivity contribution in [3.63, 3.8) is 0 Å². The molecule has 110 valence electrons. The van der Waals surface area contributed by atoms with Crippen LogP contribution in [0.3, 0.4) is 0 Å². The number of hydrogen-bond acceptors (Lipinski definition) is 4. The fourth-order valence-corrected chi connectivity index (χ4v) is 2.96. The van der Waals surface area contributed by atoms with E-state index in [1.807, 2.05) is 0 Å². The smallest absolute Gasteiger partial charge is 0.302 e. The van der Waals surface area contributed by atoms with Gasteiger partial charge in [0.1, 0.15) is 6.26 Å². The van der Waals surface area contributed by atoms with Gasteiger partial charge in [-0.05, 0) is 44.2 Å². The molecule has 0 atom stereocenters. The molecule has 0 amide bonds. The van der Waals surface area contributed by atoms with E-state index in [9.17, 15) is 0 Å². The van der Waals surface area contributed by atoms with E-state index in [0.717, 1.165) is 37.6 Å². The molecule has 2 aromatic rings. The molecule has 2 aliphatic rings. The fraction of sp³-hybridized carbons (Fsp3) is 0.471.